The molecule has 0 N–H and O–H groups in total. The van der Waals surface area contributed by atoms with Gasteiger partial charge in [-0.3, -0.25) is 0 Å². The maximum atomic E-state index is 11.7. The molecule has 0 aliphatic rings. The molecular formula is C10H17NO2S. The van der Waals surface area contributed by atoms with Crippen molar-refractivity contribution in [2.45, 2.75) is 32.1 Å². The van der Waals surface area contributed by atoms with E-state index >= 15 is 0 Å². The zero-order valence-corrected chi connectivity index (χ0v) is 9.71. The first-order valence-electron chi connectivity index (χ1n) is 4.66. The van der Waals surface area contributed by atoms with E-state index in [2.05, 4.69) is 0 Å². The van der Waals surface area contributed by atoms with Gasteiger partial charge in [-0.1, -0.05) is 0 Å². The van der Waals surface area contributed by atoms with E-state index < -0.39 is 14.6 Å². The Hall–Kier alpha value is -0.770. The van der Waals surface area contributed by atoms with Gasteiger partial charge in [0.15, 0.2) is 9.84 Å². The Morgan fingerprint density at radius 2 is 1.64 bits per heavy atom. The Morgan fingerprint density at radius 1 is 1.14 bits per heavy atom. The van der Waals surface area contributed by atoms with Crippen LogP contribution in [-0.4, -0.2) is 23.5 Å². The second kappa shape index (κ2) is 3.77. The normalized spacial score (nSPS) is 13.1. The predicted octanol–water partition coefficient (Wildman–Crippen LogP) is 1.70. The van der Waals surface area contributed by atoms with E-state index in [1.54, 1.807) is 20.8 Å². The van der Waals surface area contributed by atoms with E-state index in [1.807, 2.05) is 29.1 Å². The second-order valence-electron chi connectivity index (χ2n) is 4.35. The molecule has 0 fully saturated rings. The first-order valence-corrected chi connectivity index (χ1v) is 6.31. The van der Waals surface area contributed by atoms with Crippen molar-refractivity contribution in [2.24, 2.45) is 0 Å². The van der Waals surface area contributed by atoms with Crippen molar-refractivity contribution in [2.75, 3.05) is 5.75 Å². The summed E-state index contributed by atoms with van der Waals surface area (Å²) in [5.41, 5.74) is 0. The van der Waals surface area contributed by atoms with Gasteiger partial charge >= 0.3 is 0 Å². The molecule has 0 radical (unpaired) electrons. The first-order chi connectivity index (χ1) is 6.33. The Bertz CT molecular complexity index is 371. The summed E-state index contributed by atoms with van der Waals surface area (Å²) in [5, 5.41) is 0. The summed E-state index contributed by atoms with van der Waals surface area (Å²) in [5.74, 6) is 0.200. The van der Waals surface area contributed by atoms with Gasteiger partial charge in [0.25, 0.3) is 0 Å². The highest BCUT2D eigenvalue weighted by Crippen LogP contribution is 2.16. The SMILES string of the molecule is CC(C)(C)S(=O)(=O)CCn1cccc1. The highest BCUT2D eigenvalue weighted by atomic mass is 32.2. The van der Waals surface area contributed by atoms with Crippen molar-refractivity contribution in [1.82, 2.24) is 4.57 Å². The Balaban J connectivity index is 2.63. The van der Waals surface area contributed by atoms with E-state index in [4.69, 9.17) is 0 Å². The van der Waals surface area contributed by atoms with Gasteiger partial charge in [-0.05, 0) is 32.9 Å². The molecule has 1 heterocycles. The lowest BCUT2D eigenvalue weighted by molar-refractivity contribution is 0.554. The quantitative estimate of drug-likeness (QED) is 0.770. The lowest BCUT2D eigenvalue weighted by atomic mass is 10.3. The minimum absolute atomic E-state index is 0.200. The number of aromatic nitrogens is 1. The van der Waals surface area contributed by atoms with Crippen LogP contribution in [0.5, 0.6) is 0 Å². The van der Waals surface area contributed by atoms with Crippen LogP contribution in [0.4, 0.5) is 0 Å². The number of hydrogen-bond donors (Lipinski definition) is 0. The van der Waals surface area contributed by atoms with E-state index in [9.17, 15) is 8.42 Å². The standard InChI is InChI=1S/C10H17NO2S/c1-10(2,3)14(12,13)9-8-11-6-4-5-7-11/h4-7H,8-9H2,1-3H3. The van der Waals surface area contributed by atoms with Crippen LogP contribution in [0.2, 0.25) is 0 Å². The van der Waals surface area contributed by atoms with Gasteiger partial charge in [-0.15, -0.1) is 0 Å². The van der Waals surface area contributed by atoms with Crippen LogP contribution in [0.3, 0.4) is 0 Å². The molecule has 0 saturated carbocycles. The highest BCUT2D eigenvalue weighted by Gasteiger charge is 2.28. The molecule has 14 heavy (non-hydrogen) atoms. The Kier molecular flexibility index (Phi) is 3.04. The van der Waals surface area contributed by atoms with Gasteiger partial charge < -0.3 is 4.57 Å². The topological polar surface area (TPSA) is 39.1 Å². The molecule has 0 aliphatic heterocycles. The maximum absolute atomic E-state index is 11.7. The molecule has 3 nitrogen and oxygen atoms in total. The molecule has 0 atom stereocenters. The highest BCUT2D eigenvalue weighted by molar-refractivity contribution is 7.92. The average Bonchev–Trinajstić information content (AvgIpc) is 2.50. The lowest BCUT2D eigenvalue weighted by Crippen LogP contribution is -2.31. The molecule has 0 spiro atoms. The van der Waals surface area contributed by atoms with Gasteiger partial charge in [-0.25, -0.2) is 8.42 Å². The Labute approximate surface area is 85.7 Å². The predicted molar refractivity (Wildman–Crippen MR) is 58.0 cm³/mol. The summed E-state index contributed by atoms with van der Waals surface area (Å²) in [6.07, 6.45) is 3.75. The molecule has 0 amide bonds. The summed E-state index contributed by atoms with van der Waals surface area (Å²) >= 11 is 0. The molecule has 1 aromatic heterocycles. The molecule has 0 bridgehead atoms. The van der Waals surface area contributed by atoms with Gasteiger partial charge in [0.1, 0.15) is 0 Å². The smallest absolute Gasteiger partial charge is 0.156 e. The number of hydrogen-bond acceptors (Lipinski definition) is 2. The molecule has 0 aromatic carbocycles. The summed E-state index contributed by atoms with van der Waals surface area (Å²) in [7, 11) is -2.99. The van der Waals surface area contributed by atoms with Crippen molar-refractivity contribution in [3.8, 4) is 0 Å². The third-order valence-electron chi connectivity index (χ3n) is 2.22. The van der Waals surface area contributed by atoms with Crippen LogP contribution in [0.15, 0.2) is 24.5 Å². The van der Waals surface area contributed by atoms with Crippen LogP contribution in [-0.2, 0) is 16.4 Å². The first kappa shape index (κ1) is 11.3. The maximum Gasteiger partial charge on any atom is 0.156 e. The average molecular weight is 215 g/mol. The van der Waals surface area contributed by atoms with Gasteiger partial charge in [0.2, 0.25) is 0 Å². The third-order valence-corrected chi connectivity index (χ3v) is 4.80. The van der Waals surface area contributed by atoms with Crippen molar-refractivity contribution >= 4 is 9.84 Å². The van der Waals surface area contributed by atoms with Crippen LogP contribution in [0.1, 0.15) is 20.8 Å². The van der Waals surface area contributed by atoms with E-state index in [0.717, 1.165) is 0 Å². The molecule has 80 valence electrons. The molecule has 1 aromatic rings. The zero-order valence-electron chi connectivity index (χ0n) is 8.90. The minimum atomic E-state index is -2.99. The van der Waals surface area contributed by atoms with Crippen molar-refractivity contribution in [3.05, 3.63) is 24.5 Å². The van der Waals surface area contributed by atoms with Crippen LogP contribution in [0, 0.1) is 0 Å². The van der Waals surface area contributed by atoms with Crippen LogP contribution in [0.25, 0.3) is 0 Å². The largest absolute Gasteiger partial charge is 0.353 e. The fraction of sp³-hybridized carbons (Fsp3) is 0.600. The molecule has 0 unspecified atom stereocenters. The lowest BCUT2D eigenvalue weighted by Gasteiger charge is -2.19. The van der Waals surface area contributed by atoms with Crippen molar-refractivity contribution in [1.29, 1.82) is 0 Å². The molecule has 4 heteroatoms. The van der Waals surface area contributed by atoms with Crippen LogP contribution >= 0.6 is 0 Å². The third kappa shape index (κ3) is 2.61. The summed E-state index contributed by atoms with van der Waals surface area (Å²) in [6.45, 7) is 5.74. The minimum Gasteiger partial charge on any atom is -0.353 e. The summed E-state index contributed by atoms with van der Waals surface area (Å²) < 4.78 is 24.7. The summed E-state index contributed by atoms with van der Waals surface area (Å²) in [4.78, 5) is 0. The van der Waals surface area contributed by atoms with Crippen molar-refractivity contribution in [3.63, 3.8) is 0 Å². The molecule has 0 aliphatic carbocycles. The van der Waals surface area contributed by atoms with Gasteiger partial charge in [0.05, 0.1) is 10.5 Å². The van der Waals surface area contributed by atoms with E-state index in [0.29, 0.717) is 6.54 Å². The van der Waals surface area contributed by atoms with Gasteiger partial charge in [0, 0.05) is 18.9 Å². The molecular weight excluding hydrogens is 198 g/mol. The van der Waals surface area contributed by atoms with Crippen molar-refractivity contribution < 1.29 is 8.42 Å². The zero-order chi connectivity index (χ0) is 10.8. The fourth-order valence-corrected chi connectivity index (χ4v) is 2.11. The molecule has 1 rings (SSSR count). The second-order valence-corrected chi connectivity index (χ2v) is 7.21. The number of sulfone groups is 1. The Morgan fingerprint density at radius 3 is 2.07 bits per heavy atom. The van der Waals surface area contributed by atoms with E-state index in [-0.39, 0.29) is 5.75 Å². The number of nitrogens with zero attached hydrogens (tertiary/aromatic N) is 1. The van der Waals surface area contributed by atoms with Crippen LogP contribution < -0.4 is 0 Å². The van der Waals surface area contributed by atoms with Gasteiger partial charge in [-0.2, -0.15) is 0 Å². The number of aryl methyl sites for hydroxylation is 1. The summed E-state index contributed by atoms with van der Waals surface area (Å²) in [6, 6.07) is 3.79. The fourth-order valence-electron chi connectivity index (χ4n) is 1.05. The van der Waals surface area contributed by atoms with E-state index in [1.165, 1.54) is 0 Å². The monoisotopic (exact) mass is 215 g/mol. The number of rotatable bonds is 3. The molecule has 0 saturated heterocycles.